The van der Waals surface area contributed by atoms with Crippen molar-refractivity contribution in [1.29, 1.82) is 0 Å². The van der Waals surface area contributed by atoms with Crippen molar-refractivity contribution >= 4 is 21.6 Å². The number of hydrogen-bond donors (Lipinski definition) is 2. The van der Waals surface area contributed by atoms with Crippen molar-refractivity contribution in [3.8, 4) is 22.4 Å². The van der Waals surface area contributed by atoms with Crippen LogP contribution in [0.2, 0.25) is 0 Å². The molecule has 0 saturated carbocycles. The summed E-state index contributed by atoms with van der Waals surface area (Å²) in [7, 11) is -3.41. The number of aromatic nitrogens is 3. The molecule has 2 aromatic heterocycles. The number of nitrogens with two attached hydrogens (primary N) is 2. The van der Waals surface area contributed by atoms with E-state index in [0.717, 1.165) is 12.3 Å². The Kier molecular flexibility index (Phi) is 4.95. The van der Waals surface area contributed by atoms with Crippen LogP contribution in [0.3, 0.4) is 0 Å². The van der Waals surface area contributed by atoms with Crippen LogP contribution >= 0.6 is 0 Å². The van der Waals surface area contributed by atoms with Crippen molar-refractivity contribution in [2.75, 3.05) is 17.7 Å². The number of aryl methyl sites for hydroxylation is 1. The molecule has 0 amide bonds. The summed E-state index contributed by atoms with van der Waals surface area (Å²) in [4.78, 5) is 12.0. The monoisotopic (exact) mass is 423 g/mol. The molecule has 0 atom stereocenters. The van der Waals surface area contributed by atoms with Gasteiger partial charge in [0.1, 0.15) is 5.82 Å². The highest BCUT2D eigenvalue weighted by Gasteiger charge is 2.34. The van der Waals surface area contributed by atoms with Crippen LogP contribution in [0, 0.1) is 6.92 Å². The number of benzene rings is 1. The van der Waals surface area contributed by atoms with Gasteiger partial charge in [0, 0.05) is 29.1 Å². The Morgan fingerprint density at radius 1 is 1.00 bits per heavy atom. The molecule has 0 spiro atoms. The summed E-state index contributed by atoms with van der Waals surface area (Å²) in [5.74, 6) is -0.720. The third-order valence-electron chi connectivity index (χ3n) is 4.18. The van der Waals surface area contributed by atoms with Gasteiger partial charge in [-0.1, -0.05) is 12.1 Å². The van der Waals surface area contributed by atoms with E-state index in [4.69, 9.17) is 11.5 Å². The van der Waals surface area contributed by atoms with Gasteiger partial charge in [-0.3, -0.25) is 0 Å². The Morgan fingerprint density at radius 3 is 2.17 bits per heavy atom. The molecule has 0 unspecified atom stereocenters. The summed E-state index contributed by atoms with van der Waals surface area (Å²) in [6, 6.07) is 6.63. The molecule has 4 N–H and O–H groups in total. The maximum atomic E-state index is 13.3. The first-order valence-corrected chi connectivity index (χ1v) is 10.0. The first-order valence-electron chi connectivity index (χ1n) is 8.15. The fourth-order valence-electron chi connectivity index (χ4n) is 2.85. The number of alkyl halides is 3. The number of nitrogens with zero attached hydrogens (tertiary/aromatic N) is 3. The standard InChI is InChI=1S/C18H16F3N5O2S/c1-9-14(11-7-13(18(19,20)21)16(22)24-8-11)15(26-17(23)25-9)10-3-5-12(6-4-10)29(2,27)28/h3-8H,1-2H3,(H2,22,24)(H2,23,25,26). The predicted molar refractivity (Wildman–Crippen MR) is 102 cm³/mol. The van der Waals surface area contributed by atoms with Crippen LogP contribution in [-0.4, -0.2) is 29.6 Å². The minimum Gasteiger partial charge on any atom is -0.383 e. The van der Waals surface area contributed by atoms with Gasteiger partial charge in [0.2, 0.25) is 5.95 Å². The number of anilines is 2. The van der Waals surface area contributed by atoms with Gasteiger partial charge in [0.05, 0.1) is 21.8 Å². The number of pyridine rings is 1. The molecule has 0 fully saturated rings. The highest BCUT2D eigenvalue weighted by atomic mass is 32.2. The van der Waals surface area contributed by atoms with Gasteiger partial charge in [-0.05, 0) is 25.1 Å². The lowest BCUT2D eigenvalue weighted by Gasteiger charge is -2.15. The number of rotatable bonds is 3. The van der Waals surface area contributed by atoms with E-state index < -0.39 is 27.4 Å². The number of sulfone groups is 1. The van der Waals surface area contributed by atoms with Gasteiger partial charge in [0.15, 0.2) is 9.84 Å². The van der Waals surface area contributed by atoms with Gasteiger partial charge < -0.3 is 11.5 Å². The van der Waals surface area contributed by atoms with Crippen LogP contribution in [0.25, 0.3) is 22.4 Å². The van der Waals surface area contributed by atoms with E-state index in [1.807, 2.05) is 0 Å². The highest BCUT2D eigenvalue weighted by Crippen LogP contribution is 2.38. The van der Waals surface area contributed by atoms with Crippen LogP contribution in [0.15, 0.2) is 41.4 Å². The molecular weight excluding hydrogens is 407 g/mol. The molecule has 0 bridgehead atoms. The summed E-state index contributed by atoms with van der Waals surface area (Å²) in [5.41, 5.74) is 11.5. The SMILES string of the molecule is Cc1nc(N)nc(-c2ccc(S(C)(=O)=O)cc2)c1-c1cnc(N)c(C(F)(F)F)c1. The molecule has 7 nitrogen and oxygen atoms in total. The maximum Gasteiger partial charge on any atom is 0.419 e. The fourth-order valence-corrected chi connectivity index (χ4v) is 3.48. The zero-order chi connectivity index (χ0) is 21.6. The van der Waals surface area contributed by atoms with E-state index in [2.05, 4.69) is 15.0 Å². The molecule has 2 heterocycles. The van der Waals surface area contributed by atoms with E-state index in [0.29, 0.717) is 11.3 Å². The van der Waals surface area contributed by atoms with Crippen molar-refractivity contribution in [1.82, 2.24) is 15.0 Å². The minimum atomic E-state index is -4.69. The van der Waals surface area contributed by atoms with Gasteiger partial charge in [-0.15, -0.1) is 0 Å². The Morgan fingerprint density at radius 2 is 1.62 bits per heavy atom. The Hall–Kier alpha value is -3.21. The van der Waals surface area contributed by atoms with E-state index in [-0.39, 0.29) is 27.7 Å². The zero-order valence-corrected chi connectivity index (χ0v) is 16.1. The number of halogens is 3. The summed E-state index contributed by atoms with van der Waals surface area (Å²) < 4.78 is 63.1. The summed E-state index contributed by atoms with van der Waals surface area (Å²) in [6.45, 7) is 1.57. The molecule has 0 saturated heterocycles. The Labute approximate surface area is 164 Å². The lowest BCUT2D eigenvalue weighted by atomic mass is 9.98. The molecule has 1 aromatic carbocycles. The molecule has 0 aliphatic rings. The predicted octanol–water partition coefficient (Wildman–Crippen LogP) is 3.10. The molecule has 3 aromatic rings. The second-order valence-electron chi connectivity index (χ2n) is 6.34. The fraction of sp³-hybridized carbons (Fsp3) is 0.167. The number of hydrogen-bond acceptors (Lipinski definition) is 7. The first-order chi connectivity index (χ1) is 13.4. The minimum absolute atomic E-state index is 0.0760. The molecular formula is C18H16F3N5O2S. The van der Waals surface area contributed by atoms with Crippen molar-refractivity contribution in [2.24, 2.45) is 0 Å². The third-order valence-corrected chi connectivity index (χ3v) is 5.30. The molecule has 0 aliphatic heterocycles. The quantitative estimate of drug-likeness (QED) is 0.663. The third kappa shape index (κ3) is 4.14. The Bertz CT molecular complexity index is 1190. The summed E-state index contributed by atoms with van der Waals surface area (Å²) in [5, 5.41) is 0. The molecule has 152 valence electrons. The van der Waals surface area contributed by atoms with Gasteiger partial charge in [-0.2, -0.15) is 13.2 Å². The van der Waals surface area contributed by atoms with Crippen molar-refractivity contribution in [3.63, 3.8) is 0 Å². The summed E-state index contributed by atoms with van der Waals surface area (Å²) in [6.07, 6.45) is -2.42. The highest BCUT2D eigenvalue weighted by molar-refractivity contribution is 7.90. The average molecular weight is 423 g/mol. The van der Waals surface area contributed by atoms with E-state index in [1.165, 1.54) is 30.5 Å². The molecule has 29 heavy (non-hydrogen) atoms. The molecule has 0 aliphatic carbocycles. The van der Waals surface area contributed by atoms with E-state index in [1.54, 1.807) is 6.92 Å². The van der Waals surface area contributed by atoms with Gasteiger partial charge >= 0.3 is 6.18 Å². The van der Waals surface area contributed by atoms with Crippen LogP contribution in [-0.2, 0) is 16.0 Å². The zero-order valence-electron chi connectivity index (χ0n) is 15.3. The molecule has 0 radical (unpaired) electrons. The van der Waals surface area contributed by atoms with Crippen LogP contribution < -0.4 is 11.5 Å². The van der Waals surface area contributed by atoms with Crippen LogP contribution in [0.4, 0.5) is 24.9 Å². The molecule has 3 rings (SSSR count). The normalized spacial score (nSPS) is 12.2. The Balaban J connectivity index is 2.25. The maximum absolute atomic E-state index is 13.3. The largest absolute Gasteiger partial charge is 0.419 e. The van der Waals surface area contributed by atoms with Crippen LogP contribution in [0.1, 0.15) is 11.3 Å². The first kappa shape index (κ1) is 20.5. The van der Waals surface area contributed by atoms with Gasteiger partial charge in [-0.25, -0.2) is 23.4 Å². The molecule has 11 heteroatoms. The average Bonchev–Trinajstić information content (AvgIpc) is 2.60. The smallest absolute Gasteiger partial charge is 0.383 e. The van der Waals surface area contributed by atoms with E-state index in [9.17, 15) is 21.6 Å². The van der Waals surface area contributed by atoms with Crippen molar-refractivity contribution in [2.45, 2.75) is 18.0 Å². The second kappa shape index (κ2) is 6.99. The summed E-state index contributed by atoms with van der Waals surface area (Å²) >= 11 is 0. The van der Waals surface area contributed by atoms with E-state index >= 15 is 0 Å². The topological polar surface area (TPSA) is 125 Å². The van der Waals surface area contributed by atoms with Crippen molar-refractivity contribution < 1.29 is 21.6 Å². The van der Waals surface area contributed by atoms with Crippen LogP contribution in [0.5, 0.6) is 0 Å². The van der Waals surface area contributed by atoms with Gasteiger partial charge in [0.25, 0.3) is 0 Å². The lowest BCUT2D eigenvalue weighted by molar-refractivity contribution is -0.137. The van der Waals surface area contributed by atoms with Crippen molar-refractivity contribution in [3.05, 3.63) is 47.8 Å². The lowest BCUT2D eigenvalue weighted by Crippen LogP contribution is -2.11. The second-order valence-corrected chi connectivity index (χ2v) is 8.36. The number of nitrogen functional groups attached to an aromatic ring is 2.